The molecule has 0 aromatic rings. The van der Waals surface area contributed by atoms with Gasteiger partial charge >= 0.3 is 5.97 Å². The van der Waals surface area contributed by atoms with Gasteiger partial charge < -0.3 is 4.74 Å². The molecule has 0 spiro atoms. The van der Waals surface area contributed by atoms with E-state index >= 15 is 0 Å². The zero-order chi connectivity index (χ0) is 10.6. The summed E-state index contributed by atoms with van der Waals surface area (Å²) in [6, 6.07) is 0. The minimum atomic E-state index is -0.125. The second-order valence-corrected chi connectivity index (χ2v) is 5.71. The standard InChI is InChI=1S/C12H20O2/c1-8(13)14-10-7-9-5-6-12(10,4)11(9,2)3/h9-10H,5-7H2,1-4H3/t9-,10?,12-/m0/s1. The Kier molecular flexibility index (Phi) is 1.96. The van der Waals surface area contributed by atoms with Gasteiger partial charge in [-0.1, -0.05) is 20.8 Å². The Hall–Kier alpha value is -0.530. The van der Waals surface area contributed by atoms with E-state index < -0.39 is 0 Å². The molecule has 0 amide bonds. The molecule has 0 radical (unpaired) electrons. The Morgan fingerprint density at radius 2 is 2.00 bits per heavy atom. The number of rotatable bonds is 1. The molecule has 2 rings (SSSR count). The monoisotopic (exact) mass is 196 g/mol. The van der Waals surface area contributed by atoms with Crippen LogP contribution in [0.15, 0.2) is 0 Å². The lowest BCUT2D eigenvalue weighted by Gasteiger charge is -2.38. The molecule has 0 N–H and O–H groups in total. The van der Waals surface area contributed by atoms with Crippen LogP contribution in [0.4, 0.5) is 0 Å². The minimum absolute atomic E-state index is 0.125. The average Bonchev–Trinajstić information content (AvgIpc) is 2.35. The molecule has 0 aromatic carbocycles. The number of esters is 1. The third-order valence-corrected chi connectivity index (χ3v) is 5.02. The minimum Gasteiger partial charge on any atom is -0.462 e. The number of ether oxygens (including phenoxy) is 1. The normalized spacial score (nSPS) is 44.0. The molecule has 80 valence electrons. The smallest absolute Gasteiger partial charge is 0.302 e. The molecule has 1 unspecified atom stereocenters. The van der Waals surface area contributed by atoms with Gasteiger partial charge in [0.25, 0.3) is 0 Å². The van der Waals surface area contributed by atoms with Crippen molar-refractivity contribution in [1.29, 1.82) is 0 Å². The molecule has 2 saturated carbocycles. The topological polar surface area (TPSA) is 26.3 Å². The van der Waals surface area contributed by atoms with Gasteiger partial charge in [0.2, 0.25) is 0 Å². The Morgan fingerprint density at radius 3 is 2.36 bits per heavy atom. The largest absolute Gasteiger partial charge is 0.462 e. The fraction of sp³-hybridized carbons (Fsp3) is 0.917. The van der Waals surface area contributed by atoms with E-state index in [-0.39, 0.29) is 17.5 Å². The van der Waals surface area contributed by atoms with E-state index in [1.54, 1.807) is 0 Å². The van der Waals surface area contributed by atoms with Gasteiger partial charge in [-0.3, -0.25) is 4.79 Å². The first-order valence-corrected chi connectivity index (χ1v) is 5.55. The third-order valence-electron chi connectivity index (χ3n) is 5.02. The van der Waals surface area contributed by atoms with Gasteiger partial charge in [0.1, 0.15) is 6.10 Å². The van der Waals surface area contributed by atoms with Crippen molar-refractivity contribution in [3.8, 4) is 0 Å². The quantitative estimate of drug-likeness (QED) is 0.603. The lowest BCUT2D eigenvalue weighted by molar-refractivity contribution is -0.154. The number of hydrogen-bond acceptors (Lipinski definition) is 2. The Bertz CT molecular complexity index is 269. The summed E-state index contributed by atoms with van der Waals surface area (Å²) in [7, 11) is 0. The summed E-state index contributed by atoms with van der Waals surface area (Å²) in [5.41, 5.74) is 0.552. The molecule has 0 saturated heterocycles. The van der Waals surface area contributed by atoms with Gasteiger partial charge in [0.05, 0.1) is 0 Å². The van der Waals surface area contributed by atoms with Crippen molar-refractivity contribution in [2.24, 2.45) is 16.7 Å². The summed E-state index contributed by atoms with van der Waals surface area (Å²) >= 11 is 0. The molecule has 2 bridgehead atoms. The van der Waals surface area contributed by atoms with Gasteiger partial charge in [-0.25, -0.2) is 0 Å². The third kappa shape index (κ3) is 1.06. The van der Waals surface area contributed by atoms with Gasteiger partial charge in [-0.2, -0.15) is 0 Å². The zero-order valence-electron chi connectivity index (χ0n) is 9.59. The van der Waals surface area contributed by atoms with Crippen LogP contribution in [0.25, 0.3) is 0 Å². The number of carbonyl (C=O) groups excluding carboxylic acids is 1. The maximum atomic E-state index is 11.0. The lowest BCUT2D eigenvalue weighted by atomic mass is 9.70. The highest BCUT2D eigenvalue weighted by atomic mass is 16.5. The SMILES string of the molecule is CC(=O)OC1C[C@@H]2CC[C@]1(C)C2(C)C. The van der Waals surface area contributed by atoms with Crippen LogP contribution < -0.4 is 0 Å². The predicted molar refractivity (Wildman–Crippen MR) is 54.8 cm³/mol. The second kappa shape index (κ2) is 2.74. The average molecular weight is 196 g/mol. The molecular weight excluding hydrogens is 176 g/mol. The van der Waals surface area contributed by atoms with Crippen LogP contribution in [0, 0.1) is 16.7 Å². The van der Waals surface area contributed by atoms with Crippen molar-refractivity contribution in [3.63, 3.8) is 0 Å². The van der Waals surface area contributed by atoms with E-state index in [1.165, 1.54) is 19.8 Å². The fourth-order valence-electron chi connectivity index (χ4n) is 3.51. The second-order valence-electron chi connectivity index (χ2n) is 5.71. The van der Waals surface area contributed by atoms with Gasteiger partial charge in [-0.05, 0) is 30.6 Å². The summed E-state index contributed by atoms with van der Waals surface area (Å²) in [6.07, 6.45) is 3.75. The van der Waals surface area contributed by atoms with E-state index in [0.29, 0.717) is 5.41 Å². The van der Waals surface area contributed by atoms with Gasteiger partial charge in [-0.15, -0.1) is 0 Å². The summed E-state index contributed by atoms with van der Waals surface area (Å²) in [6.45, 7) is 8.46. The maximum Gasteiger partial charge on any atom is 0.302 e. The first-order chi connectivity index (χ1) is 6.38. The first-order valence-electron chi connectivity index (χ1n) is 5.55. The van der Waals surface area contributed by atoms with Crippen molar-refractivity contribution in [2.45, 2.75) is 53.1 Å². The number of hydrogen-bond donors (Lipinski definition) is 0. The summed E-state index contributed by atoms with van der Waals surface area (Å²) < 4.78 is 5.44. The van der Waals surface area contributed by atoms with Crippen LogP contribution >= 0.6 is 0 Å². The molecule has 2 aliphatic rings. The highest BCUT2D eigenvalue weighted by molar-refractivity contribution is 5.66. The van der Waals surface area contributed by atoms with Crippen LogP contribution in [0.5, 0.6) is 0 Å². The van der Waals surface area contributed by atoms with Crippen LogP contribution in [0.2, 0.25) is 0 Å². The fourth-order valence-corrected chi connectivity index (χ4v) is 3.51. The molecule has 2 nitrogen and oxygen atoms in total. The molecule has 0 heterocycles. The predicted octanol–water partition coefficient (Wildman–Crippen LogP) is 2.76. The van der Waals surface area contributed by atoms with Crippen molar-refractivity contribution in [3.05, 3.63) is 0 Å². The number of carbonyl (C=O) groups is 1. The summed E-state index contributed by atoms with van der Waals surface area (Å²) in [5, 5.41) is 0. The summed E-state index contributed by atoms with van der Waals surface area (Å²) in [5.74, 6) is 0.622. The van der Waals surface area contributed by atoms with E-state index in [2.05, 4.69) is 20.8 Å². The van der Waals surface area contributed by atoms with Crippen molar-refractivity contribution in [2.75, 3.05) is 0 Å². The van der Waals surface area contributed by atoms with E-state index in [9.17, 15) is 4.79 Å². The van der Waals surface area contributed by atoms with Crippen molar-refractivity contribution < 1.29 is 9.53 Å². The molecule has 0 aliphatic heterocycles. The molecule has 3 atom stereocenters. The number of fused-ring (bicyclic) bond motifs is 2. The lowest BCUT2D eigenvalue weighted by Crippen LogP contribution is -2.37. The van der Waals surface area contributed by atoms with Crippen LogP contribution in [0.1, 0.15) is 47.0 Å². The highest BCUT2D eigenvalue weighted by Gasteiger charge is 2.62. The van der Waals surface area contributed by atoms with E-state index in [1.807, 2.05) is 0 Å². The van der Waals surface area contributed by atoms with Gasteiger partial charge in [0.15, 0.2) is 0 Å². The van der Waals surface area contributed by atoms with Crippen LogP contribution in [-0.2, 0) is 9.53 Å². The van der Waals surface area contributed by atoms with Crippen molar-refractivity contribution in [1.82, 2.24) is 0 Å². The Balaban J connectivity index is 2.23. The molecule has 2 aliphatic carbocycles. The molecule has 2 heteroatoms. The maximum absolute atomic E-state index is 11.0. The van der Waals surface area contributed by atoms with Crippen LogP contribution in [-0.4, -0.2) is 12.1 Å². The highest BCUT2D eigenvalue weighted by Crippen LogP contribution is 2.66. The van der Waals surface area contributed by atoms with Crippen LogP contribution in [0.3, 0.4) is 0 Å². The Morgan fingerprint density at radius 1 is 1.36 bits per heavy atom. The molecule has 14 heavy (non-hydrogen) atoms. The van der Waals surface area contributed by atoms with E-state index in [4.69, 9.17) is 4.74 Å². The first kappa shape index (κ1) is 10.0. The molecular formula is C12H20O2. The molecule has 0 aromatic heterocycles. The van der Waals surface area contributed by atoms with E-state index in [0.717, 1.165) is 12.3 Å². The Labute approximate surface area is 86.0 Å². The van der Waals surface area contributed by atoms with Gasteiger partial charge in [0, 0.05) is 12.3 Å². The zero-order valence-corrected chi connectivity index (χ0v) is 9.59. The molecule has 2 fully saturated rings. The van der Waals surface area contributed by atoms with Crippen molar-refractivity contribution >= 4 is 5.97 Å². The summed E-state index contributed by atoms with van der Waals surface area (Å²) in [4.78, 5) is 11.0.